The highest BCUT2D eigenvalue weighted by molar-refractivity contribution is 7.80. The van der Waals surface area contributed by atoms with Crippen molar-refractivity contribution in [2.24, 2.45) is 5.73 Å². The molecule has 2 aromatic carbocycles. The van der Waals surface area contributed by atoms with Gasteiger partial charge in [0.25, 0.3) is 5.91 Å². The molecular formula is C14H12N2O3S. The van der Waals surface area contributed by atoms with Gasteiger partial charge in [-0.05, 0) is 24.3 Å². The van der Waals surface area contributed by atoms with Crippen LogP contribution in [0.25, 0.3) is 0 Å². The van der Waals surface area contributed by atoms with Gasteiger partial charge >= 0.3 is 0 Å². The van der Waals surface area contributed by atoms with E-state index < -0.39 is 5.91 Å². The van der Waals surface area contributed by atoms with E-state index in [0.717, 1.165) is 0 Å². The van der Waals surface area contributed by atoms with E-state index in [9.17, 15) is 15.0 Å². The molecule has 0 aliphatic heterocycles. The summed E-state index contributed by atoms with van der Waals surface area (Å²) in [4.78, 5) is 12.3. The maximum absolute atomic E-state index is 12.0. The number of nitrogens with two attached hydrogens (primary N) is 1. The Morgan fingerprint density at radius 3 is 2.30 bits per heavy atom. The molecule has 5 N–H and O–H groups in total. The number of carbonyl (C=O) groups is 1. The Labute approximate surface area is 120 Å². The number of anilines is 1. The van der Waals surface area contributed by atoms with Crippen molar-refractivity contribution in [1.82, 2.24) is 0 Å². The van der Waals surface area contributed by atoms with E-state index >= 15 is 0 Å². The van der Waals surface area contributed by atoms with E-state index in [1.54, 1.807) is 24.3 Å². The van der Waals surface area contributed by atoms with Crippen LogP contribution in [-0.2, 0) is 0 Å². The van der Waals surface area contributed by atoms with Crippen LogP contribution in [0.2, 0.25) is 0 Å². The van der Waals surface area contributed by atoms with Crippen molar-refractivity contribution in [2.45, 2.75) is 0 Å². The van der Waals surface area contributed by atoms with E-state index in [0.29, 0.717) is 11.3 Å². The first-order valence-electron chi connectivity index (χ1n) is 5.71. The number of thiocarbonyl (C=S) groups is 1. The summed E-state index contributed by atoms with van der Waals surface area (Å²) < 4.78 is 0. The van der Waals surface area contributed by atoms with Gasteiger partial charge in [0.2, 0.25) is 0 Å². The van der Waals surface area contributed by atoms with Gasteiger partial charge in [-0.15, -0.1) is 0 Å². The van der Waals surface area contributed by atoms with Crippen molar-refractivity contribution < 1.29 is 15.0 Å². The molecule has 0 aliphatic rings. The van der Waals surface area contributed by atoms with Crippen molar-refractivity contribution in [1.29, 1.82) is 0 Å². The number of hydrogen-bond acceptors (Lipinski definition) is 4. The molecule has 0 aromatic heterocycles. The maximum atomic E-state index is 12.0. The van der Waals surface area contributed by atoms with Crippen molar-refractivity contribution >= 4 is 28.8 Å². The molecule has 0 heterocycles. The van der Waals surface area contributed by atoms with Crippen LogP contribution in [-0.4, -0.2) is 21.1 Å². The Hall–Kier alpha value is -2.60. The fraction of sp³-hybridized carbons (Fsp3) is 0. The lowest BCUT2D eigenvalue weighted by Crippen LogP contribution is -2.14. The average molecular weight is 288 g/mol. The highest BCUT2D eigenvalue weighted by atomic mass is 32.1. The van der Waals surface area contributed by atoms with Gasteiger partial charge in [-0.3, -0.25) is 4.79 Å². The van der Waals surface area contributed by atoms with Crippen LogP contribution in [0.1, 0.15) is 15.9 Å². The lowest BCUT2D eigenvalue weighted by Gasteiger charge is -2.09. The normalized spacial score (nSPS) is 10.0. The topological polar surface area (TPSA) is 95.6 Å². The molecule has 1 amide bonds. The second-order valence-electron chi connectivity index (χ2n) is 4.07. The molecule has 0 spiro atoms. The highest BCUT2D eigenvalue weighted by Gasteiger charge is 2.16. The van der Waals surface area contributed by atoms with Gasteiger partial charge in [-0.25, -0.2) is 0 Å². The zero-order valence-corrected chi connectivity index (χ0v) is 11.1. The minimum atomic E-state index is -0.624. The molecule has 20 heavy (non-hydrogen) atoms. The molecule has 0 fully saturated rings. The molecule has 0 saturated heterocycles. The van der Waals surface area contributed by atoms with Gasteiger partial charge in [0.1, 0.15) is 22.1 Å². The number of carbonyl (C=O) groups excluding carboxylic acids is 1. The fourth-order valence-corrected chi connectivity index (χ4v) is 1.83. The second-order valence-corrected chi connectivity index (χ2v) is 4.51. The van der Waals surface area contributed by atoms with Gasteiger partial charge in [0.05, 0.1) is 0 Å². The predicted octanol–water partition coefficient (Wildman–Crippen LogP) is 1.98. The van der Waals surface area contributed by atoms with E-state index in [1.165, 1.54) is 18.2 Å². The van der Waals surface area contributed by atoms with Crippen LogP contribution in [0.4, 0.5) is 5.69 Å². The summed E-state index contributed by atoms with van der Waals surface area (Å²) in [5, 5.41) is 21.8. The van der Waals surface area contributed by atoms with Gasteiger partial charge in [-0.2, -0.15) is 0 Å². The van der Waals surface area contributed by atoms with Crippen LogP contribution in [0, 0.1) is 0 Å². The van der Waals surface area contributed by atoms with Gasteiger partial charge < -0.3 is 21.3 Å². The molecule has 0 radical (unpaired) electrons. The Bertz CT molecular complexity index is 666. The fourth-order valence-electron chi connectivity index (χ4n) is 1.70. The molecule has 0 aliphatic carbocycles. The molecule has 5 nitrogen and oxygen atoms in total. The number of amides is 1. The zero-order chi connectivity index (χ0) is 14.7. The lowest BCUT2D eigenvalue weighted by atomic mass is 10.1. The molecular weight excluding hydrogens is 276 g/mol. The van der Waals surface area contributed by atoms with Crippen molar-refractivity contribution in [3.63, 3.8) is 0 Å². The van der Waals surface area contributed by atoms with Crippen LogP contribution >= 0.6 is 12.2 Å². The summed E-state index contributed by atoms with van der Waals surface area (Å²) in [5.74, 6) is -1.22. The van der Waals surface area contributed by atoms with E-state index in [4.69, 9.17) is 18.0 Å². The molecule has 6 heteroatoms. The molecule has 2 aromatic rings. The SMILES string of the molecule is NC(=S)c1cccc(NC(=O)c2c(O)cccc2O)c1. The zero-order valence-electron chi connectivity index (χ0n) is 10.3. The molecule has 0 unspecified atom stereocenters. The molecule has 102 valence electrons. The van der Waals surface area contributed by atoms with E-state index in [2.05, 4.69) is 5.32 Å². The summed E-state index contributed by atoms with van der Waals surface area (Å²) in [6, 6.07) is 10.7. The van der Waals surface area contributed by atoms with E-state index in [1.807, 2.05) is 0 Å². The Morgan fingerprint density at radius 2 is 1.70 bits per heavy atom. The first-order chi connectivity index (χ1) is 9.49. The van der Waals surface area contributed by atoms with Crippen molar-refractivity contribution in [2.75, 3.05) is 5.32 Å². The van der Waals surface area contributed by atoms with Crippen molar-refractivity contribution in [3.8, 4) is 11.5 Å². The van der Waals surface area contributed by atoms with Gasteiger partial charge in [0, 0.05) is 11.3 Å². The number of phenols is 2. The van der Waals surface area contributed by atoms with Crippen LogP contribution in [0.3, 0.4) is 0 Å². The van der Waals surface area contributed by atoms with Gasteiger partial charge in [-0.1, -0.05) is 30.4 Å². The number of rotatable bonds is 3. The average Bonchev–Trinajstić information content (AvgIpc) is 2.38. The minimum Gasteiger partial charge on any atom is -0.507 e. The summed E-state index contributed by atoms with van der Waals surface area (Å²) in [6.07, 6.45) is 0. The monoisotopic (exact) mass is 288 g/mol. The number of hydrogen-bond donors (Lipinski definition) is 4. The first-order valence-corrected chi connectivity index (χ1v) is 6.12. The Kier molecular flexibility index (Phi) is 3.86. The van der Waals surface area contributed by atoms with Crippen molar-refractivity contribution in [3.05, 3.63) is 53.6 Å². The quantitative estimate of drug-likeness (QED) is 0.648. The summed E-state index contributed by atoms with van der Waals surface area (Å²) in [6.45, 7) is 0. The standard InChI is InChI=1S/C14H12N2O3S/c15-13(20)8-3-1-4-9(7-8)16-14(19)12-10(17)5-2-6-11(12)18/h1-7,17-18H,(H2,15,20)(H,16,19). The minimum absolute atomic E-state index is 0.187. The number of aromatic hydroxyl groups is 2. The van der Waals surface area contributed by atoms with Crippen LogP contribution in [0.5, 0.6) is 11.5 Å². The Morgan fingerprint density at radius 1 is 1.10 bits per heavy atom. The first kappa shape index (κ1) is 13.8. The smallest absolute Gasteiger partial charge is 0.263 e. The molecule has 0 atom stereocenters. The largest absolute Gasteiger partial charge is 0.507 e. The maximum Gasteiger partial charge on any atom is 0.263 e. The van der Waals surface area contributed by atoms with E-state index in [-0.39, 0.29) is 22.1 Å². The summed E-state index contributed by atoms with van der Waals surface area (Å²) in [7, 11) is 0. The highest BCUT2D eigenvalue weighted by Crippen LogP contribution is 2.27. The van der Waals surface area contributed by atoms with Crippen LogP contribution in [0.15, 0.2) is 42.5 Å². The number of benzene rings is 2. The molecule has 2 rings (SSSR count). The van der Waals surface area contributed by atoms with Crippen LogP contribution < -0.4 is 11.1 Å². The number of phenolic OH excluding ortho intramolecular Hbond substituents is 2. The molecule has 0 saturated carbocycles. The number of nitrogens with one attached hydrogen (secondary N) is 1. The summed E-state index contributed by atoms with van der Waals surface area (Å²) >= 11 is 4.86. The summed E-state index contributed by atoms with van der Waals surface area (Å²) in [5.41, 5.74) is 6.40. The van der Waals surface area contributed by atoms with Gasteiger partial charge in [0.15, 0.2) is 0 Å². The third-order valence-electron chi connectivity index (χ3n) is 2.65. The predicted molar refractivity (Wildman–Crippen MR) is 80.1 cm³/mol. The Balaban J connectivity index is 2.28. The third-order valence-corrected chi connectivity index (χ3v) is 2.89. The molecule has 0 bridgehead atoms. The second kappa shape index (κ2) is 5.58. The lowest BCUT2D eigenvalue weighted by molar-refractivity contribution is 0.102. The third kappa shape index (κ3) is 2.86.